The van der Waals surface area contributed by atoms with E-state index in [0.717, 1.165) is 41.1 Å². The number of aromatic nitrogens is 2. The quantitative estimate of drug-likeness (QED) is 0.520. The summed E-state index contributed by atoms with van der Waals surface area (Å²) in [6, 6.07) is 6.06. The first-order chi connectivity index (χ1) is 14.1. The Bertz CT molecular complexity index is 819. The fourth-order valence-electron chi connectivity index (χ4n) is 3.09. The van der Waals surface area contributed by atoms with Gasteiger partial charge in [-0.15, -0.1) is 0 Å². The Morgan fingerprint density at radius 3 is 2.93 bits per heavy atom. The number of nitrogens with one attached hydrogen (secondary N) is 2. The number of guanidine groups is 1. The Labute approximate surface area is 169 Å². The summed E-state index contributed by atoms with van der Waals surface area (Å²) in [6.07, 6.45) is 3.62. The van der Waals surface area contributed by atoms with Gasteiger partial charge < -0.3 is 20.1 Å². The molecule has 0 saturated carbocycles. The molecular weight excluding hydrogens is 380 g/mol. The van der Waals surface area contributed by atoms with E-state index in [0.29, 0.717) is 25.0 Å². The second-order valence-electron chi connectivity index (χ2n) is 6.96. The average Bonchev–Trinajstić information content (AvgIpc) is 3.39. The Morgan fingerprint density at radius 1 is 1.38 bits per heavy atom. The van der Waals surface area contributed by atoms with E-state index in [9.17, 15) is 8.78 Å². The molecule has 29 heavy (non-hydrogen) atoms. The van der Waals surface area contributed by atoms with Gasteiger partial charge in [0, 0.05) is 44.1 Å². The molecule has 0 spiro atoms. The number of benzene rings is 1. The van der Waals surface area contributed by atoms with Crippen LogP contribution in [0.5, 0.6) is 5.75 Å². The summed E-state index contributed by atoms with van der Waals surface area (Å²) in [5, 5.41) is 6.20. The minimum absolute atomic E-state index is 0.135. The normalized spacial score (nSPS) is 17.0. The summed E-state index contributed by atoms with van der Waals surface area (Å²) in [7, 11) is 1.63. The molecule has 0 bridgehead atoms. The fraction of sp³-hybridized carbons (Fsp3) is 0.500. The SMILES string of the molecule is CN=C(NCc1ccc(C)cc1OCC1CCOC1)NCc1nccn1C(F)F. The molecule has 1 saturated heterocycles. The van der Waals surface area contributed by atoms with Gasteiger partial charge in [0.05, 0.1) is 19.8 Å². The number of hydrogen-bond acceptors (Lipinski definition) is 4. The van der Waals surface area contributed by atoms with Crippen LogP contribution >= 0.6 is 0 Å². The van der Waals surface area contributed by atoms with Gasteiger partial charge in [0.2, 0.25) is 0 Å². The number of rotatable bonds is 8. The minimum Gasteiger partial charge on any atom is -0.493 e. The first-order valence-corrected chi connectivity index (χ1v) is 9.61. The Balaban J connectivity index is 1.56. The molecule has 1 fully saturated rings. The van der Waals surface area contributed by atoms with Gasteiger partial charge >= 0.3 is 6.55 Å². The molecule has 2 heterocycles. The van der Waals surface area contributed by atoms with Gasteiger partial charge in [0.1, 0.15) is 11.6 Å². The summed E-state index contributed by atoms with van der Waals surface area (Å²) in [4.78, 5) is 8.10. The second-order valence-corrected chi connectivity index (χ2v) is 6.96. The lowest BCUT2D eigenvalue weighted by atomic mass is 10.1. The van der Waals surface area contributed by atoms with Crippen LogP contribution < -0.4 is 15.4 Å². The molecule has 3 rings (SSSR count). The van der Waals surface area contributed by atoms with Crippen LogP contribution in [0.2, 0.25) is 0 Å². The number of aliphatic imine (C=N–C) groups is 1. The fourth-order valence-corrected chi connectivity index (χ4v) is 3.09. The van der Waals surface area contributed by atoms with Crippen molar-refractivity contribution in [3.8, 4) is 5.75 Å². The molecule has 1 aromatic heterocycles. The zero-order valence-corrected chi connectivity index (χ0v) is 16.7. The maximum Gasteiger partial charge on any atom is 0.319 e. The number of imidazole rings is 1. The van der Waals surface area contributed by atoms with Crippen molar-refractivity contribution in [1.29, 1.82) is 0 Å². The van der Waals surface area contributed by atoms with Gasteiger partial charge in [-0.25, -0.2) is 4.98 Å². The summed E-state index contributed by atoms with van der Waals surface area (Å²) < 4.78 is 38.1. The Hall–Kier alpha value is -2.68. The molecule has 9 heteroatoms. The summed E-state index contributed by atoms with van der Waals surface area (Å²) in [5.41, 5.74) is 2.11. The van der Waals surface area contributed by atoms with Gasteiger partial charge in [-0.3, -0.25) is 9.56 Å². The van der Waals surface area contributed by atoms with E-state index in [4.69, 9.17) is 9.47 Å². The van der Waals surface area contributed by atoms with Crippen LogP contribution in [-0.4, -0.2) is 42.4 Å². The van der Waals surface area contributed by atoms with Gasteiger partial charge in [-0.1, -0.05) is 12.1 Å². The van der Waals surface area contributed by atoms with Crippen LogP contribution in [0.4, 0.5) is 8.78 Å². The predicted octanol–water partition coefficient (Wildman–Crippen LogP) is 2.87. The van der Waals surface area contributed by atoms with Crippen molar-refractivity contribution < 1.29 is 18.3 Å². The van der Waals surface area contributed by atoms with E-state index in [1.807, 2.05) is 25.1 Å². The second kappa shape index (κ2) is 10.2. The molecule has 1 aliphatic heterocycles. The largest absolute Gasteiger partial charge is 0.493 e. The van der Waals surface area contributed by atoms with E-state index in [1.165, 1.54) is 12.4 Å². The smallest absolute Gasteiger partial charge is 0.319 e. The first kappa shape index (κ1) is 21.0. The Kier molecular flexibility index (Phi) is 7.40. The molecule has 2 N–H and O–H groups in total. The molecule has 0 radical (unpaired) electrons. The molecule has 1 aliphatic rings. The number of aryl methyl sites for hydroxylation is 1. The number of hydrogen-bond donors (Lipinski definition) is 2. The third kappa shape index (κ3) is 5.90. The van der Waals surface area contributed by atoms with E-state index >= 15 is 0 Å². The van der Waals surface area contributed by atoms with Crippen molar-refractivity contribution in [3.63, 3.8) is 0 Å². The lowest BCUT2D eigenvalue weighted by Gasteiger charge is -2.17. The number of nitrogens with zero attached hydrogens (tertiary/aromatic N) is 3. The lowest BCUT2D eigenvalue weighted by molar-refractivity contribution is 0.0668. The van der Waals surface area contributed by atoms with Crippen LogP contribution in [0, 0.1) is 12.8 Å². The highest BCUT2D eigenvalue weighted by Crippen LogP contribution is 2.22. The van der Waals surface area contributed by atoms with E-state index in [2.05, 4.69) is 20.6 Å². The summed E-state index contributed by atoms with van der Waals surface area (Å²) in [5.74, 6) is 1.98. The Morgan fingerprint density at radius 2 is 2.21 bits per heavy atom. The number of halogens is 2. The third-order valence-electron chi connectivity index (χ3n) is 4.76. The number of alkyl halides is 2. The van der Waals surface area contributed by atoms with Crippen LogP contribution in [0.1, 0.15) is 29.9 Å². The van der Waals surface area contributed by atoms with Crippen molar-refractivity contribution in [2.45, 2.75) is 33.0 Å². The molecule has 1 unspecified atom stereocenters. The third-order valence-corrected chi connectivity index (χ3v) is 4.76. The standard InChI is InChI=1S/C20H27F2N5O2/c1-14-3-4-16(17(9-14)29-13-15-5-8-28-12-15)10-25-20(23-2)26-11-18-24-6-7-27(18)19(21)22/h3-4,6-7,9,15,19H,5,8,10-13H2,1-2H3,(H2,23,25,26). The van der Waals surface area contributed by atoms with Gasteiger partial charge in [0.25, 0.3) is 0 Å². The molecule has 2 aromatic rings. The van der Waals surface area contributed by atoms with Crippen LogP contribution in [0.3, 0.4) is 0 Å². The maximum absolute atomic E-state index is 12.9. The van der Waals surface area contributed by atoms with Gasteiger partial charge in [-0.05, 0) is 25.0 Å². The summed E-state index contributed by atoms with van der Waals surface area (Å²) in [6.45, 7) is 2.18. The molecule has 1 atom stereocenters. The predicted molar refractivity (Wildman–Crippen MR) is 106 cm³/mol. The minimum atomic E-state index is -2.62. The van der Waals surface area contributed by atoms with E-state index < -0.39 is 6.55 Å². The van der Waals surface area contributed by atoms with Crippen LogP contribution in [0.15, 0.2) is 35.6 Å². The topological polar surface area (TPSA) is 72.7 Å². The first-order valence-electron chi connectivity index (χ1n) is 9.61. The molecule has 7 nitrogen and oxygen atoms in total. The van der Waals surface area contributed by atoms with Crippen molar-refractivity contribution in [3.05, 3.63) is 47.5 Å². The molecule has 1 aromatic carbocycles. The van der Waals surface area contributed by atoms with Crippen LogP contribution in [-0.2, 0) is 17.8 Å². The average molecular weight is 407 g/mol. The highest BCUT2D eigenvalue weighted by atomic mass is 19.3. The zero-order valence-electron chi connectivity index (χ0n) is 16.7. The molecule has 0 amide bonds. The van der Waals surface area contributed by atoms with Gasteiger partial charge in [-0.2, -0.15) is 8.78 Å². The van der Waals surface area contributed by atoms with E-state index in [-0.39, 0.29) is 12.4 Å². The molecular formula is C20H27F2N5O2. The number of ether oxygens (including phenoxy) is 2. The molecule has 158 valence electrons. The van der Waals surface area contributed by atoms with Crippen molar-refractivity contribution in [2.75, 3.05) is 26.9 Å². The van der Waals surface area contributed by atoms with Gasteiger partial charge in [0.15, 0.2) is 5.96 Å². The lowest BCUT2D eigenvalue weighted by Crippen LogP contribution is -2.37. The zero-order chi connectivity index (χ0) is 20.6. The summed E-state index contributed by atoms with van der Waals surface area (Å²) >= 11 is 0. The highest BCUT2D eigenvalue weighted by Gasteiger charge is 2.17. The molecule has 0 aliphatic carbocycles. The highest BCUT2D eigenvalue weighted by molar-refractivity contribution is 5.79. The van der Waals surface area contributed by atoms with Crippen LogP contribution in [0.25, 0.3) is 0 Å². The van der Waals surface area contributed by atoms with Crippen molar-refractivity contribution in [1.82, 2.24) is 20.2 Å². The maximum atomic E-state index is 12.9. The van der Waals surface area contributed by atoms with E-state index in [1.54, 1.807) is 7.05 Å². The van der Waals surface area contributed by atoms with Crippen molar-refractivity contribution >= 4 is 5.96 Å². The monoisotopic (exact) mass is 407 g/mol. The van der Waals surface area contributed by atoms with Crippen molar-refractivity contribution in [2.24, 2.45) is 10.9 Å².